The summed E-state index contributed by atoms with van der Waals surface area (Å²) in [5.41, 5.74) is 1.33. The lowest BCUT2D eigenvalue weighted by atomic mass is 10.3. The minimum atomic E-state index is -3.75. The summed E-state index contributed by atoms with van der Waals surface area (Å²) < 4.78 is 26.1. The van der Waals surface area contributed by atoms with Crippen molar-refractivity contribution in [3.8, 4) is 0 Å². The van der Waals surface area contributed by atoms with Crippen LogP contribution in [-0.2, 0) is 10.0 Å². The summed E-state index contributed by atoms with van der Waals surface area (Å²) in [4.78, 5) is 20.0. The molecule has 8 heteroatoms. The van der Waals surface area contributed by atoms with E-state index in [1.54, 1.807) is 31.2 Å². The van der Waals surface area contributed by atoms with Gasteiger partial charge in [-0.05, 0) is 37.3 Å². The van der Waals surface area contributed by atoms with Crippen molar-refractivity contribution in [2.24, 2.45) is 0 Å². The number of rotatable bonds is 4. The van der Waals surface area contributed by atoms with Crippen LogP contribution in [-0.4, -0.2) is 28.3 Å². The Hall–Kier alpha value is -3.00. The number of anilines is 1. The van der Waals surface area contributed by atoms with Gasteiger partial charge >= 0.3 is 0 Å². The second-order valence-electron chi connectivity index (χ2n) is 5.04. The molecule has 0 unspecified atom stereocenters. The van der Waals surface area contributed by atoms with Crippen molar-refractivity contribution in [1.29, 1.82) is 0 Å². The van der Waals surface area contributed by atoms with Crippen molar-refractivity contribution in [2.45, 2.75) is 11.8 Å². The lowest BCUT2D eigenvalue weighted by Crippen LogP contribution is -2.14. The molecule has 3 aromatic rings. The standard InChI is InChI=1S/C16H14N4O3S/c1-12-5-6-14(10-18-12)24(22,23)20-9-7-13(11-20)19-16(21)15-4-2-3-8-17-15/h2-11H,1H3,(H,19,21). The van der Waals surface area contributed by atoms with Gasteiger partial charge < -0.3 is 5.32 Å². The van der Waals surface area contributed by atoms with Crippen LogP contribution in [0.15, 0.2) is 66.1 Å². The monoisotopic (exact) mass is 342 g/mol. The second-order valence-corrected chi connectivity index (χ2v) is 6.88. The first-order valence-corrected chi connectivity index (χ1v) is 8.49. The predicted octanol–water partition coefficient (Wildman–Crippen LogP) is 2.08. The smallest absolute Gasteiger partial charge is 0.274 e. The van der Waals surface area contributed by atoms with Crippen molar-refractivity contribution < 1.29 is 13.2 Å². The number of nitrogens with one attached hydrogen (secondary N) is 1. The van der Waals surface area contributed by atoms with E-state index in [1.807, 2.05) is 0 Å². The summed E-state index contributed by atoms with van der Waals surface area (Å²) in [6, 6.07) is 9.59. The van der Waals surface area contributed by atoms with Crippen molar-refractivity contribution >= 4 is 21.6 Å². The molecule has 0 bridgehead atoms. The Morgan fingerprint density at radius 2 is 1.96 bits per heavy atom. The van der Waals surface area contributed by atoms with E-state index in [0.717, 1.165) is 9.67 Å². The fourth-order valence-corrected chi connectivity index (χ4v) is 3.16. The molecule has 1 amide bonds. The molecule has 1 N–H and O–H groups in total. The molecule has 3 heterocycles. The molecule has 0 saturated heterocycles. The van der Waals surface area contributed by atoms with Crippen LogP contribution in [0.3, 0.4) is 0 Å². The highest BCUT2D eigenvalue weighted by Gasteiger charge is 2.18. The van der Waals surface area contributed by atoms with E-state index < -0.39 is 15.9 Å². The van der Waals surface area contributed by atoms with E-state index in [0.29, 0.717) is 5.69 Å². The van der Waals surface area contributed by atoms with Crippen LogP contribution in [0, 0.1) is 6.92 Å². The minimum absolute atomic E-state index is 0.0753. The van der Waals surface area contributed by atoms with Gasteiger partial charge in [0.05, 0.1) is 5.69 Å². The number of hydrogen-bond acceptors (Lipinski definition) is 5. The number of aryl methyl sites for hydroxylation is 1. The van der Waals surface area contributed by atoms with Crippen LogP contribution in [0.5, 0.6) is 0 Å². The van der Waals surface area contributed by atoms with Crippen molar-refractivity contribution in [1.82, 2.24) is 13.9 Å². The number of amides is 1. The Morgan fingerprint density at radius 3 is 2.62 bits per heavy atom. The first-order chi connectivity index (χ1) is 11.5. The van der Waals surface area contributed by atoms with Crippen LogP contribution in [0.25, 0.3) is 0 Å². The maximum atomic E-state index is 12.5. The highest BCUT2D eigenvalue weighted by Crippen LogP contribution is 2.17. The van der Waals surface area contributed by atoms with Gasteiger partial charge in [0.1, 0.15) is 10.6 Å². The first-order valence-electron chi connectivity index (χ1n) is 7.05. The lowest BCUT2D eigenvalue weighted by molar-refractivity contribution is 0.102. The van der Waals surface area contributed by atoms with Crippen LogP contribution < -0.4 is 5.32 Å². The van der Waals surface area contributed by atoms with Gasteiger partial charge in [-0.3, -0.25) is 14.8 Å². The van der Waals surface area contributed by atoms with E-state index in [-0.39, 0.29) is 10.6 Å². The summed E-state index contributed by atoms with van der Waals surface area (Å²) in [5.74, 6) is -0.414. The van der Waals surface area contributed by atoms with E-state index >= 15 is 0 Å². The largest absolute Gasteiger partial charge is 0.319 e. The summed E-state index contributed by atoms with van der Waals surface area (Å²) >= 11 is 0. The van der Waals surface area contributed by atoms with Gasteiger partial charge in [0.2, 0.25) is 0 Å². The van der Waals surface area contributed by atoms with Crippen molar-refractivity contribution in [3.05, 3.63) is 72.6 Å². The molecule has 3 rings (SSSR count). The molecular weight excluding hydrogens is 328 g/mol. The molecule has 0 atom stereocenters. The Labute approximate surface area is 139 Å². The molecule has 0 fully saturated rings. The van der Waals surface area contributed by atoms with Gasteiger partial charge in [-0.1, -0.05) is 6.07 Å². The zero-order valence-corrected chi connectivity index (χ0v) is 13.6. The Morgan fingerprint density at radius 1 is 1.12 bits per heavy atom. The van der Waals surface area contributed by atoms with Crippen molar-refractivity contribution in [3.63, 3.8) is 0 Å². The zero-order valence-electron chi connectivity index (χ0n) is 12.7. The fraction of sp³-hybridized carbons (Fsp3) is 0.0625. The first kappa shape index (κ1) is 15.9. The average Bonchev–Trinajstić information content (AvgIpc) is 3.05. The summed E-state index contributed by atoms with van der Waals surface area (Å²) in [6.07, 6.45) is 5.50. The second kappa shape index (κ2) is 6.25. The molecule has 0 saturated carbocycles. The third-order valence-electron chi connectivity index (χ3n) is 3.28. The van der Waals surface area contributed by atoms with E-state index in [1.165, 1.54) is 36.9 Å². The van der Waals surface area contributed by atoms with Gasteiger partial charge in [0, 0.05) is 30.5 Å². The van der Waals surface area contributed by atoms with Gasteiger partial charge in [-0.25, -0.2) is 12.4 Å². The maximum Gasteiger partial charge on any atom is 0.274 e. The minimum Gasteiger partial charge on any atom is -0.319 e. The summed E-state index contributed by atoms with van der Waals surface area (Å²) in [5, 5.41) is 2.61. The molecule has 3 aromatic heterocycles. The zero-order chi connectivity index (χ0) is 17.2. The number of hydrogen-bond donors (Lipinski definition) is 1. The van der Waals surface area contributed by atoms with Gasteiger partial charge in [-0.2, -0.15) is 0 Å². The fourth-order valence-electron chi connectivity index (χ4n) is 2.02. The Kier molecular flexibility index (Phi) is 4.13. The molecule has 0 aliphatic rings. The number of pyridine rings is 2. The van der Waals surface area contributed by atoms with Crippen molar-refractivity contribution in [2.75, 3.05) is 5.32 Å². The van der Waals surface area contributed by atoms with E-state index in [2.05, 4.69) is 15.3 Å². The number of carbonyl (C=O) groups excluding carboxylic acids is 1. The van der Waals surface area contributed by atoms with Gasteiger partial charge in [-0.15, -0.1) is 0 Å². The van der Waals surface area contributed by atoms with Gasteiger partial charge in [0.25, 0.3) is 15.9 Å². The third-order valence-corrected chi connectivity index (χ3v) is 4.90. The molecule has 0 aliphatic heterocycles. The molecular formula is C16H14N4O3S. The van der Waals surface area contributed by atoms with E-state index in [9.17, 15) is 13.2 Å². The van der Waals surface area contributed by atoms with Gasteiger partial charge in [0.15, 0.2) is 0 Å². The quantitative estimate of drug-likeness (QED) is 0.783. The molecule has 0 radical (unpaired) electrons. The number of nitrogens with zero attached hydrogens (tertiary/aromatic N) is 3. The third kappa shape index (κ3) is 3.18. The van der Waals surface area contributed by atoms with Crippen LogP contribution in [0.1, 0.15) is 16.2 Å². The molecule has 122 valence electrons. The molecule has 0 aromatic carbocycles. The number of carbonyl (C=O) groups is 1. The normalized spacial score (nSPS) is 11.2. The molecule has 7 nitrogen and oxygen atoms in total. The molecule has 24 heavy (non-hydrogen) atoms. The highest BCUT2D eigenvalue weighted by atomic mass is 32.2. The Balaban J connectivity index is 1.83. The highest BCUT2D eigenvalue weighted by molar-refractivity contribution is 7.90. The molecule has 0 aliphatic carbocycles. The summed E-state index contributed by atoms with van der Waals surface area (Å²) in [7, 11) is -3.75. The van der Waals surface area contributed by atoms with Crippen LogP contribution in [0.2, 0.25) is 0 Å². The van der Waals surface area contributed by atoms with Crippen LogP contribution in [0.4, 0.5) is 5.69 Å². The van der Waals surface area contributed by atoms with E-state index in [4.69, 9.17) is 0 Å². The van der Waals surface area contributed by atoms with Crippen LogP contribution >= 0.6 is 0 Å². The maximum absolute atomic E-state index is 12.5. The topological polar surface area (TPSA) is 94.0 Å². The summed E-state index contributed by atoms with van der Waals surface area (Å²) in [6.45, 7) is 1.78. The Bertz CT molecular complexity index is 964. The molecule has 0 spiro atoms. The predicted molar refractivity (Wildman–Crippen MR) is 88.2 cm³/mol. The average molecular weight is 342 g/mol. The lowest BCUT2D eigenvalue weighted by Gasteiger charge is -2.05. The number of aromatic nitrogens is 3. The SMILES string of the molecule is Cc1ccc(S(=O)(=O)n2ccc(NC(=O)c3ccccn3)c2)cn1.